The maximum Gasteiger partial charge on any atom is 0.274 e. The van der Waals surface area contributed by atoms with E-state index in [-0.39, 0.29) is 10.8 Å². The van der Waals surface area contributed by atoms with Crippen LogP contribution in [0.25, 0.3) is 0 Å². The Kier molecular flexibility index (Phi) is 5.00. The van der Waals surface area contributed by atoms with Crippen LogP contribution in [-0.4, -0.2) is 44.8 Å². The molecular weight excluding hydrogens is 340 g/mol. The number of nitrogens with one attached hydrogen (secondary N) is 2. The Morgan fingerprint density at radius 3 is 2.28 bits per heavy atom. The molecule has 2 N–H and O–H groups in total. The maximum absolute atomic E-state index is 12.8. The Bertz CT molecular complexity index is 830. The van der Waals surface area contributed by atoms with E-state index in [0.717, 1.165) is 5.82 Å². The van der Waals surface area contributed by atoms with Gasteiger partial charge in [0.1, 0.15) is 0 Å². The maximum atomic E-state index is 12.8. The molecule has 2 heterocycles. The second kappa shape index (κ2) is 7.20. The number of aromatic nitrogens is 1. The lowest BCUT2D eigenvalue weighted by molar-refractivity contribution is -0.364. The van der Waals surface area contributed by atoms with Crippen molar-refractivity contribution in [3.05, 3.63) is 48.7 Å². The number of carbonyl (C=O) groups is 1. The van der Waals surface area contributed by atoms with Crippen LogP contribution in [0.4, 0.5) is 11.5 Å². The van der Waals surface area contributed by atoms with Crippen molar-refractivity contribution in [3.8, 4) is 0 Å². The molecule has 1 aromatic carbocycles. The number of H-pyrrole nitrogens is 1. The highest BCUT2D eigenvalue weighted by atomic mass is 32.2. The number of sulfonamides is 1. The summed E-state index contributed by atoms with van der Waals surface area (Å²) in [5, 5.41) is 2.63. The van der Waals surface area contributed by atoms with E-state index in [0.29, 0.717) is 31.9 Å². The monoisotopic (exact) mass is 361 g/mol. The lowest BCUT2D eigenvalue weighted by Gasteiger charge is -2.30. The summed E-state index contributed by atoms with van der Waals surface area (Å²) in [4.78, 5) is 16.6. The number of aromatic amines is 1. The second-order valence-corrected chi connectivity index (χ2v) is 7.78. The minimum Gasteiger partial charge on any atom is -0.326 e. The number of piperazine rings is 1. The summed E-state index contributed by atoms with van der Waals surface area (Å²) in [5.41, 5.74) is 0.580. The molecule has 0 unspecified atom stereocenters. The summed E-state index contributed by atoms with van der Waals surface area (Å²) < 4.78 is 27.1. The average Bonchev–Trinajstić information content (AvgIpc) is 2.62. The quantitative estimate of drug-likeness (QED) is 0.880. The third kappa shape index (κ3) is 3.97. The molecule has 0 saturated carbocycles. The van der Waals surface area contributed by atoms with Gasteiger partial charge in [-0.3, -0.25) is 9.69 Å². The first-order valence-electron chi connectivity index (χ1n) is 8.06. The molecule has 0 spiro atoms. The largest absolute Gasteiger partial charge is 0.326 e. The van der Waals surface area contributed by atoms with E-state index >= 15 is 0 Å². The fourth-order valence-corrected chi connectivity index (χ4v) is 4.23. The highest BCUT2D eigenvalue weighted by Gasteiger charge is 2.31. The van der Waals surface area contributed by atoms with Crippen LogP contribution in [0.1, 0.15) is 6.92 Å². The molecule has 0 radical (unpaired) electrons. The highest BCUT2D eigenvalue weighted by Crippen LogP contribution is 2.20. The number of nitrogens with zero attached hydrogens (tertiary/aromatic N) is 2. The van der Waals surface area contributed by atoms with Crippen LogP contribution in [-0.2, 0) is 14.8 Å². The van der Waals surface area contributed by atoms with Gasteiger partial charge in [0.05, 0.1) is 37.3 Å². The zero-order valence-electron chi connectivity index (χ0n) is 14.0. The lowest BCUT2D eigenvalue weighted by atomic mass is 10.3. The SMILES string of the molecule is CC(=O)Nc1ccc(S(=O)(=O)N2CCN(c3cccc[nH+]3)CC2)cc1. The Morgan fingerprint density at radius 2 is 1.72 bits per heavy atom. The van der Waals surface area contributed by atoms with Crippen LogP contribution >= 0.6 is 0 Å². The number of pyridine rings is 1. The van der Waals surface area contributed by atoms with E-state index in [1.807, 2.05) is 24.4 Å². The molecule has 0 aliphatic carbocycles. The topological polar surface area (TPSA) is 83.9 Å². The minimum atomic E-state index is -3.53. The number of benzene rings is 1. The fourth-order valence-electron chi connectivity index (χ4n) is 2.81. The molecule has 1 amide bonds. The summed E-state index contributed by atoms with van der Waals surface area (Å²) in [6, 6.07) is 12.1. The Morgan fingerprint density at radius 1 is 1.04 bits per heavy atom. The Hall–Kier alpha value is -2.45. The molecule has 0 atom stereocenters. The number of carbonyl (C=O) groups excluding carboxylic acids is 1. The van der Waals surface area contributed by atoms with Crippen LogP contribution in [0.3, 0.4) is 0 Å². The van der Waals surface area contributed by atoms with Gasteiger partial charge in [0.15, 0.2) is 0 Å². The second-order valence-electron chi connectivity index (χ2n) is 5.84. The van der Waals surface area contributed by atoms with Gasteiger partial charge in [-0.25, -0.2) is 13.4 Å². The first kappa shape index (κ1) is 17.4. The van der Waals surface area contributed by atoms with Gasteiger partial charge >= 0.3 is 0 Å². The zero-order valence-corrected chi connectivity index (χ0v) is 14.8. The molecule has 1 saturated heterocycles. The molecule has 1 aromatic heterocycles. The van der Waals surface area contributed by atoms with Gasteiger partial charge in [0.25, 0.3) is 5.82 Å². The standard InChI is InChI=1S/C17H20N4O3S/c1-14(22)19-15-5-7-16(8-6-15)25(23,24)21-12-10-20(11-13-21)17-4-2-3-9-18-17/h2-9H,10-13H2,1H3,(H,19,22)/p+1. The van der Waals surface area contributed by atoms with Gasteiger partial charge < -0.3 is 5.32 Å². The van der Waals surface area contributed by atoms with E-state index in [9.17, 15) is 13.2 Å². The van der Waals surface area contributed by atoms with Crippen molar-refractivity contribution in [2.75, 3.05) is 36.4 Å². The summed E-state index contributed by atoms with van der Waals surface area (Å²) in [6.45, 7) is 3.53. The third-order valence-corrected chi connectivity index (χ3v) is 6.00. The molecule has 3 rings (SSSR count). The smallest absolute Gasteiger partial charge is 0.274 e. The van der Waals surface area contributed by atoms with Crippen molar-refractivity contribution >= 4 is 27.4 Å². The van der Waals surface area contributed by atoms with E-state index < -0.39 is 10.0 Å². The minimum absolute atomic E-state index is 0.190. The van der Waals surface area contributed by atoms with Crippen molar-refractivity contribution in [2.24, 2.45) is 0 Å². The van der Waals surface area contributed by atoms with Gasteiger partial charge in [-0.1, -0.05) is 6.07 Å². The first-order valence-corrected chi connectivity index (χ1v) is 9.50. The van der Waals surface area contributed by atoms with Gasteiger partial charge in [-0.15, -0.1) is 0 Å². The van der Waals surface area contributed by atoms with Crippen LogP contribution in [0.15, 0.2) is 53.6 Å². The van der Waals surface area contributed by atoms with E-state index in [1.165, 1.54) is 23.4 Å². The molecule has 0 bridgehead atoms. The molecule has 1 aliphatic rings. The van der Waals surface area contributed by atoms with Crippen molar-refractivity contribution < 1.29 is 18.2 Å². The average molecular weight is 361 g/mol. The number of amides is 1. The number of hydrogen-bond donors (Lipinski definition) is 1. The summed E-state index contributed by atoms with van der Waals surface area (Å²) in [5.74, 6) is 0.795. The number of hydrogen-bond acceptors (Lipinski definition) is 4. The van der Waals surface area contributed by atoms with Gasteiger partial charge in [0, 0.05) is 18.7 Å². The fraction of sp³-hybridized carbons (Fsp3) is 0.294. The van der Waals surface area contributed by atoms with Crippen molar-refractivity contribution in [3.63, 3.8) is 0 Å². The lowest BCUT2D eigenvalue weighted by Crippen LogP contribution is -2.49. The predicted octanol–water partition coefficient (Wildman–Crippen LogP) is 0.970. The van der Waals surface area contributed by atoms with Gasteiger partial charge in [0.2, 0.25) is 15.9 Å². The molecule has 2 aromatic rings. The zero-order chi connectivity index (χ0) is 17.9. The molecule has 1 fully saturated rings. The van der Waals surface area contributed by atoms with Gasteiger partial charge in [-0.2, -0.15) is 4.31 Å². The predicted molar refractivity (Wildman–Crippen MR) is 94.7 cm³/mol. The number of rotatable bonds is 4. The van der Waals surface area contributed by atoms with E-state index in [4.69, 9.17) is 0 Å². The van der Waals surface area contributed by atoms with Crippen molar-refractivity contribution in [1.29, 1.82) is 0 Å². The normalized spacial score (nSPS) is 15.8. The van der Waals surface area contributed by atoms with Crippen molar-refractivity contribution in [1.82, 2.24) is 4.31 Å². The van der Waals surface area contributed by atoms with Crippen molar-refractivity contribution in [2.45, 2.75) is 11.8 Å². The molecule has 8 heteroatoms. The highest BCUT2D eigenvalue weighted by molar-refractivity contribution is 7.89. The Labute approximate surface area is 147 Å². The Balaban J connectivity index is 1.68. The summed E-state index contributed by atoms with van der Waals surface area (Å²) >= 11 is 0. The van der Waals surface area contributed by atoms with Crippen LogP contribution in [0.5, 0.6) is 0 Å². The molecule has 25 heavy (non-hydrogen) atoms. The van der Waals surface area contributed by atoms with Crippen LogP contribution in [0.2, 0.25) is 0 Å². The van der Waals surface area contributed by atoms with E-state index in [2.05, 4.69) is 15.2 Å². The van der Waals surface area contributed by atoms with Gasteiger partial charge in [-0.05, 0) is 30.3 Å². The van der Waals surface area contributed by atoms with Crippen LogP contribution in [0, 0.1) is 0 Å². The molecular formula is C17H21N4O3S+. The first-order chi connectivity index (χ1) is 12.0. The summed E-state index contributed by atoms with van der Waals surface area (Å²) in [7, 11) is -3.53. The van der Waals surface area contributed by atoms with Crippen LogP contribution < -0.4 is 15.2 Å². The van der Waals surface area contributed by atoms with E-state index in [1.54, 1.807) is 12.1 Å². The molecule has 132 valence electrons. The number of anilines is 2. The molecule has 7 nitrogen and oxygen atoms in total. The molecule has 1 aliphatic heterocycles. The summed E-state index contributed by atoms with van der Waals surface area (Å²) in [6.07, 6.45) is 1.86. The third-order valence-electron chi connectivity index (χ3n) is 4.08.